The normalized spacial score (nSPS) is 10.3. The lowest BCUT2D eigenvalue weighted by atomic mass is 10.2. The molecule has 0 saturated heterocycles. The van der Waals surface area contributed by atoms with Crippen LogP contribution in [0.25, 0.3) is 0 Å². The molecule has 0 aliphatic carbocycles. The van der Waals surface area contributed by atoms with Gasteiger partial charge in [0.2, 0.25) is 0 Å². The Morgan fingerprint density at radius 1 is 0.781 bits per heavy atom. The van der Waals surface area contributed by atoms with Gasteiger partial charge < -0.3 is 14.4 Å². The van der Waals surface area contributed by atoms with Gasteiger partial charge in [-0.05, 0) is 72.3 Å². The average molecular weight is 441 g/mol. The first-order chi connectivity index (χ1) is 15.6. The number of halogens is 1. The molecule has 0 unspecified atom stereocenters. The van der Waals surface area contributed by atoms with E-state index in [0.717, 1.165) is 23.7 Å². The number of para-hydroxylation sites is 1. The number of hydrogen-bond donors (Lipinski definition) is 0. The fourth-order valence-electron chi connectivity index (χ4n) is 3.20. The summed E-state index contributed by atoms with van der Waals surface area (Å²) in [6.07, 6.45) is 0. The topological polar surface area (TPSA) is 45.5 Å². The zero-order valence-corrected chi connectivity index (χ0v) is 18.3. The second-order valence-electron chi connectivity index (χ2n) is 7.27. The first-order valence-corrected chi connectivity index (χ1v) is 10.5. The number of ether oxygens (including phenoxy) is 2. The number of anilines is 1. The molecule has 0 saturated carbocycles. The van der Waals surface area contributed by atoms with Gasteiger partial charge in [0.25, 0.3) is 0 Å². The molecule has 0 aliphatic rings. The van der Waals surface area contributed by atoms with Crippen molar-refractivity contribution in [3.05, 3.63) is 113 Å². The molecule has 5 heteroatoms. The van der Waals surface area contributed by atoms with Crippen LogP contribution >= 0.6 is 11.6 Å². The maximum Gasteiger partial charge on any atom is 0.146 e. The molecule has 0 bridgehead atoms. The lowest BCUT2D eigenvalue weighted by molar-refractivity contribution is 0.482. The maximum atomic E-state index is 8.94. The zero-order chi connectivity index (χ0) is 22.3. The molecule has 0 N–H and O–H groups in total. The van der Waals surface area contributed by atoms with E-state index >= 15 is 0 Å². The van der Waals surface area contributed by atoms with Gasteiger partial charge in [-0.2, -0.15) is 5.26 Å². The van der Waals surface area contributed by atoms with Crippen molar-refractivity contribution >= 4 is 17.3 Å². The first-order valence-electron chi connectivity index (χ1n) is 10.1. The Kier molecular flexibility index (Phi) is 6.60. The number of rotatable bonds is 7. The number of benzene rings is 4. The average Bonchev–Trinajstić information content (AvgIpc) is 2.83. The molecule has 0 aromatic heterocycles. The molecule has 0 fully saturated rings. The second-order valence-corrected chi connectivity index (χ2v) is 7.68. The molecular formula is C27H21ClN2O2. The lowest BCUT2D eigenvalue weighted by Crippen LogP contribution is -2.16. The standard InChI is InChI=1S/C27H21ClN2O2/c1-30(19-20-7-12-24(13-8-20)31-23-5-3-2-4-6-23)22-10-14-25(15-11-22)32-27-16-9-21(18-29)17-26(27)28/h2-17H,19H2,1H3. The SMILES string of the molecule is CN(Cc1ccc(Oc2ccccc2)cc1)c1ccc(Oc2ccc(C#N)cc2Cl)cc1. The van der Waals surface area contributed by atoms with Gasteiger partial charge in [-0.1, -0.05) is 41.9 Å². The summed E-state index contributed by atoms with van der Waals surface area (Å²) in [5.41, 5.74) is 2.74. The molecule has 0 spiro atoms. The fraction of sp³-hybridized carbons (Fsp3) is 0.0741. The Hall–Kier alpha value is -3.94. The molecule has 0 radical (unpaired) electrons. The van der Waals surface area contributed by atoms with Gasteiger partial charge in [0.15, 0.2) is 0 Å². The van der Waals surface area contributed by atoms with E-state index in [9.17, 15) is 0 Å². The molecule has 158 valence electrons. The highest BCUT2D eigenvalue weighted by atomic mass is 35.5. The largest absolute Gasteiger partial charge is 0.457 e. The van der Waals surface area contributed by atoms with Gasteiger partial charge in [0.05, 0.1) is 16.7 Å². The molecule has 4 aromatic rings. The van der Waals surface area contributed by atoms with Crippen LogP contribution in [0, 0.1) is 11.3 Å². The highest BCUT2D eigenvalue weighted by Crippen LogP contribution is 2.31. The minimum atomic E-state index is 0.407. The van der Waals surface area contributed by atoms with Crippen molar-refractivity contribution in [2.24, 2.45) is 0 Å². The quantitative estimate of drug-likeness (QED) is 0.299. The van der Waals surface area contributed by atoms with E-state index in [4.69, 9.17) is 26.3 Å². The molecular weight excluding hydrogens is 420 g/mol. The van der Waals surface area contributed by atoms with Crippen molar-refractivity contribution in [2.75, 3.05) is 11.9 Å². The Bertz CT molecular complexity index is 1220. The van der Waals surface area contributed by atoms with E-state index in [1.807, 2.05) is 73.8 Å². The van der Waals surface area contributed by atoms with Gasteiger partial charge in [0, 0.05) is 19.3 Å². The summed E-state index contributed by atoms with van der Waals surface area (Å²) in [6.45, 7) is 0.757. The number of nitrogens with zero attached hydrogens (tertiary/aromatic N) is 2. The zero-order valence-electron chi connectivity index (χ0n) is 17.5. The second kappa shape index (κ2) is 9.91. The van der Waals surface area contributed by atoms with Gasteiger partial charge in [-0.15, -0.1) is 0 Å². The maximum absolute atomic E-state index is 8.94. The van der Waals surface area contributed by atoms with Crippen LogP contribution in [0.15, 0.2) is 97.1 Å². The molecule has 0 amide bonds. The van der Waals surface area contributed by atoms with E-state index in [1.165, 1.54) is 5.56 Å². The highest BCUT2D eigenvalue weighted by Gasteiger charge is 2.07. The summed E-state index contributed by atoms with van der Waals surface area (Å²) in [6, 6.07) is 32.7. The molecule has 4 aromatic carbocycles. The van der Waals surface area contributed by atoms with Crippen LogP contribution < -0.4 is 14.4 Å². The highest BCUT2D eigenvalue weighted by molar-refractivity contribution is 6.32. The van der Waals surface area contributed by atoms with Crippen molar-refractivity contribution < 1.29 is 9.47 Å². The summed E-state index contributed by atoms with van der Waals surface area (Å²) in [7, 11) is 2.04. The van der Waals surface area contributed by atoms with Gasteiger partial charge >= 0.3 is 0 Å². The Balaban J connectivity index is 1.36. The predicted molar refractivity (Wildman–Crippen MR) is 128 cm³/mol. The Morgan fingerprint density at radius 3 is 2.06 bits per heavy atom. The number of hydrogen-bond acceptors (Lipinski definition) is 4. The van der Waals surface area contributed by atoms with E-state index in [-0.39, 0.29) is 0 Å². The van der Waals surface area contributed by atoms with E-state index in [2.05, 4.69) is 23.1 Å². The summed E-state index contributed by atoms with van der Waals surface area (Å²) in [4.78, 5) is 2.16. The van der Waals surface area contributed by atoms with Crippen molar-refractivity contribution in [3.63, 3.8) is 0 Å². The van der Waals surface area contributed by atoms with Gasteiger partial charge in [0.1, 0.15) is 23.0 Å². The van der Waals surface area contributed by atoms with Crippen molar-refractivity contribution in [3.8, 4) is 29.1 Å². The van der Waals surface area contributed by atoms with Crippen LogP contribution in [0.3, 0.4) is 0 Å². The van der Waals surface area contributed by atoms with Crippen LogP contribution in [0.5, 0.6) is 23.0 Å². The summed E-state index contributed by atoms with van der Waals surface area (Å²) in [5, 5.41) is 9.35. The molecule has 32 heavy (non-hydrogen) atoms. The van der Waals surface area contributed by atoms with Crippen LogP contribution in [-0.2, 0) is 6.54 Å². The molecule has 0 heterocycles. The van der Waals surface area contributed by atoms with Crippen LogP contribution in [0.2, 0.25) is 5.02 Å². The van der Waals surface area contributed by atoms with E-state index in [1.54, 1.807) is 18.2 Å². The Labute approximate surface area is 192 Å². The smallest absolute Gasteiger partial charge is 0.146 e. The van der Waals surface area contributed by atoms with Gasteiger partial charge in [-0.25, -0.2) is 0 Å². The summed E-state index contributed by atoms with van der Waals surface area (Å²) >= 11 is 6.19. The molecule has 0 atom stereocenters. The van der Waals surface area contributed by atoms with Crippen molar-refractivity contribution in [1.29, 1.82) is 5.26 Å². The molecule has 0 aliphatic heterocycles. The van der Waals surface area contributed by atoms with Crippen molar-refractivity contribution in [2.45, 2.75) is 6.54 Å². The minimum Gasteiger partial charge on any atom is -0.457 e. The monoisotopic (exact) mass is 440 g/mol. The summed E-state index contributed by atoms with van der Waals surface area (Å²) < 4.78 is 11.7. The molecule has 4 rings (SSSR count). The van der Waals surface area contributed by atoms with E-state index < -0.39 is 0 Å². The van der Waals surface area contributed by atoms with E-state index in [0.29, 0.717) is 22.1 Å². The third kappa shape index (κ3) is 5.40. The minimum absolute atomic E-state index is 0.407. The first kappa shape index (κ1) is 21.3. The van der Waals surface area contributed by atoms with Crippen LogP contribution in [0.1, 0.15) is 11.1 Å². The van der Waals surface area contributed by atoms with Gasteiger partial charge in [-0.3, -0.25) is 0 Å². The third-order valence-corrected chi connectivity index (χ3v) is 5.18. The summed E-state index contributed by atoms with van der Waals surface area (Å²) in [5.74, 6) is 2.83. The lowest BCUT2D eigenvalue weighted by Gasteiger charge is -2.20. The Morgan fingerprint density at radius 2 is 1.41 bits per heavy atom. The third-order valence-electron chi connectivity index (χ3n) is 4.89. The molecule has 4 nitrogen and oxygen atoms in total. The van der Waals surface area contributed by atoms with Crippen molar-refractivity contribution in [1.82, 2.24) is 0 Å². The van der Waals surface area contributed by atoms with Crippen LogP contribution in [0.4, 0.5) is 5.69 Å². The fourth-order valence-corrected chi connectivity index (χ4v) is 3.42. The number of nitriles is 1. The predicted octanol–water partition coefficient (Wildman–Crippen LogP) is 7.43. The van der Waals surface area contributed by atoms with Crippen LogP contribution in [-0.4, -0.2) is 7.05 Å².